The zero-order valence-electron chi connectivity index (χ0n) is 13.1. The second-order valence-electron chi connectivity index (χ2n) is 5.20. The Bertz CT molecular complexity index is 625. The lowest BCUT2D eigenvalue weighted by molar-refractivity contribution is 0.628. The molecule has 0 saturated carbocycles. The third kappa shape index (κ3) is 3.58. The van der Waals surface area contributed by atoms with Crippen molar-refractivity contribution in [1.82, 2.24) is 10.3 Å². The van der Waals surface area contributed by atoms with Crippen molar-refractivity contribution in [3.8, 4) is 0 Å². The molecule has 0 atom stereocenters. The summed E-state index contributed by atoms with van der Waals surface area (Å²) in [6.45, 7) is 7.80. The maximum Gasteiger partial charge on any atom is 0.137 e. The van der Waals surface area contributed by atoms with Crippen LogP contribution in [0.4, 0.5) is 15.9 Å². The number of rotatable bonds is 5. The fourth-order valence-electron chi connectivity index (χ4n) is 2.40. The van der Waals surface area contributed by atoms with Gasteiger partial charge < -0.3 is 10.2 Å². The third-order valence-electron chi connectivity index (χ3n) is 3.52. The molecule has 1 aromatic carbocycles. The molecule has 1 N–H and O–H groups in total. The van der Waals surface area contributed by atoms with Gasteiger partial charge in [-0.2, -0.15) is 0 Å². The molecule has 0 fully saturated rings. The maximum absolute atomic E-state index is 13.4. The van der Waals surface area contributed by atoms with Crippen LogP contribution >= 0.6 is 0 Å². The quantitative estimate of drug-likeness (QED) is 0.908. The van der Waals surface area contributed by atoms with Crippen LogP contribution in [-0.2, 0) is 6.54 Å². The molecule has 3 nitrogen and oxygen atoms in total. The lowest BCUT2D eigenvalue weighted by atomic mass is 10.1. The second-order valence-corrected chi connectivity index (χ2v) is 5.20. The van der Waals surface area contributed by atoms with Crippen molar-refractivity contribution in [3.05, 3.63) is 53.0 Å². The van der Waals surface area contributed by atoms with Gasteiger partial charge in [0.15, 0.2) is 0 Å². The molecule has 4 heteroatoms. The van der Waals surface area contributed by atoms with Crippen molar-refractivity contribution < 1.29 is 4.39 Å². The van der Waals surface area contributed by atoms with Crippen LogP contribution in [0.15, 0.2) is 30.3 Å². The van der Waals surface area contributed by atoms with Crippen molar-refractivity contribution in [2.45, 2.75) is 27.3 Å². The highest BCUT2D eigenvalue weighted by Gasteiger charge is 2.14. The predicted molar refractivity (Wildman–Crippen MR) is 85.6 cm³/mol. The van der Waals surface area contributed by atoms with E-state index in [1.54, 1.807) is 6.07 Å². The largest absolute Gasteiger partial charge is 0.329 e. The zero-order chi connectivity index (χ0) is 15.4. The van der Waals surface area contributed by atoms with E-state index in [-0.39, 0.29) is 5.82 Å². The number of hydrogen-bond donors (Lipinski definition) is 1. The summed E-state index contributed by atoms with van der Waals surface area (Å²) in [5.41, 5.74) is 4.10. The average molecular weight is 287 g/mol. The van der Waals surface area contributed by atoms with Crippen molar-refractivity contribution >= 4 is 11.5 Å². The molecule has 2 rings (SSSR count). The molecule has 0 spiro atoms. The van der Waals surface area contributed by atoms with Crippen molar-refractivity contribution in [3.63, 3.8) is 0 Å². The van der Waals surface area contributed by atoms with E-state index in [9.17, 15) is 4.39 Å². The highest BCUT2D eigenvalue weighted by molar-refractivity contribution is 5.63. The van der Waals surface area contributed by atoms with E-state index in [4.69, 9.17) is 0 Å². The molecule has 0 radical (unpaired) electrons. The van der Waals surface area contributed by atoms with E-state index in [0.29, 0.717) is 0 Å². The highest BCUT2D eigenvalue weighted by atomic mass is 19.1. The van der Waals surface area contributed by atoms with E-state index in [1.807, 2.05) is 24.9 Å². The molecule has 0 amide bonds. The van der Waals surface area contributed by atoms with Gasteiger partial charge in [-0.1, -0.05) is 13.0 Å². The normalized spacial score (nSPS) is 10.7. The predicted octanol–water partition coefficient (Wildman–Crippen LogP) is 3.71. The van der Waals surface area contributed by atoms with Crippen molar-refractivity contribution in [2.75, 3.05) is 18.5 Å². The fraction of sp³-hybridized carbons (Fsp3) is 0.353. The van der Waals surface area contributed by atoms with E-state index in [0.717, 1.165) is 35.9 Å². The number of anilines is 2. The minimum absolute atomic E-state index is 0.239. The number of benzene rings is 1. The fourth-order valence-corrected chi connectivity index (χ4v) is 2.40. The van der Waals surface area contributed by atoms with Crippen LogP contribution in [-0.4, -0.2) is 18.6 Å². The summed E-state index contributed by atoms with van der Waals surface area (Å²) in [5, 5.41) is 3.34. The van der Waals surface area contributed by atoms with Crippen LogP contribution in [0.5, 0.6) is 0 Å². The Kier molecular flexibility index (Phi) is 4.91. The molecule has 0 aliphatic heterocycles. The minimum Gasteiger partial charge on any atom is -0.329 e. The third-order valence-corrected chi connectivity index (χ3v) is 3.52. The average Bonchev–Trinajstić information content (AvgIpc) is 2.45. The molecule has 112 valence electrons. The number of aromatic nitrogens is 1. The first-order valence-corrected chi connectivity index (χ1v) is 7.20. The van der Waals surface area contributed by atoms with Crippen LogP contribution in [0.1, 0.15) is 23.7 Å². The highest BCUT2D eigenvalue weighted by Crippen LogP contribution is 2.28. The first kappa shape index (κ1) is 15.4. The van der Waals surface area contributed by atoms with Crippen LogP contribution in [0.25, 0.3) is 0 Å². The summed E-state index contributed by atoms with van der Waals surface area (Å²) >= 11 is 0. The number of halogens is 1. The lowest BCUT2D eigenvalue weighted by Crippen LogP contribution is -2.20. The standard InChI is InChI=1S/C17H22FN3/c1-5-19-11-16-12(2)9-13(3)20-17(16)21(4)15-8-6-7-14(18)10-15/h6-10,19H,5,11H2,1-4H3. The van der Waals surface area contributed by atoms with E-state index in [1.165, 1.54) is 17.7 Å². The summed E-state index contributed by atoms with van der Waals surface area (Å²) < 4.78 is 13.4. The molecular weight excluding hydrogens is 265 g/mol. The van der Waals surface area contributed by atoms with Crippen LogP contribution in [0.3, 0.4) is 0 Å². The summed E-state index contributed by atoms with van der Waals surface area (Å²) in [4.78, 5) is 6.60. The van der Waals surface area contributed by atoms with Gasteiger partial charge in [-0.15, -0.1) is 0 Å². The van der Waals surface area contributed by atoms with Gasteiger partial charge in [0.2, 0.25) is 0 Å². The smallest absolute Gasteiger partial charge is 0.137 e. The van der Waals surface area contributed by atoms with Gasteiger partial charge in [-0.25, -0.2) is 9.37 Å². The minimum atomic E-state index is -0.239. The lowest BCUT2D eigenvalue weighted by Gasteiger charge is -2.23. The van der Waals surface area contributed by atoms with Gasteiger partial charge in [-0.3, -0.25) is 0 Å². The Morgan fingerprint density at radius 2 is 2.00 bits per heavy atom. The van der Waals surface area contributed by atoms with Gasteiger partial charge in [0.25, 0.3) is 0 Å². The van der Waals surface area contributed by atoms with Gasteiger partial charge in [0, 0.05) is 30.5 Å². The first-order valence-electron chi connectivity index (χ1n) is 7.20. The van der Waals surface area contributed by atoms with Crippen molar-refractivity contribution in [2.24, 2.45) is 0 Å². The molecular formula is C17H22FN3. The number of aryl methyl sites for hydroxylation is 2. The van der Waals surface area contributed by atoms with E-state index in [2.05, 4.69) is 30.2 Å². The Hall–Kier alpha value is -1.94. The first-order chi connectivity index (χ1) is 10.0. The summed E-state index contributed by atoms with van der Waals surface area (Å²) in [7, 11) is 1.92. The molecule has 1 heterocycles. The summed E-state index contributed by atoms with van der Waals surface area (Å²) in [6, 6.07) is 8.66. The van der Waals surface area contributed by atoms with Gasteiger partial charge in [0.05, 0.1) is 0 Å². The Morgan fingerprint density at radius 3 is 2.67 bits per heavy atom. The SMILES string of the molecule is CCNCc1c(C)cc(C)nc1N(C)c1cccc(F)c1. The van der Waals surface area contributed by atoms with Gasteiger partial charge in [0.1, 0.15) is 11.6 Å². The molecule has 0 saturated heterocycles. The van der Waals surface area contributed by atoms with E-state index >= 15 is 0 Å². The number of nitrogens with one attached hydrogen (secondary N) is 1. The second kappa shape index (κ2) is 6.68. The maximum atomic E-state index is 13.4. The van der Waals surface area contributed by atoms with Crippen LogP contribution in [0.2, 0.25) is 0 Å². The molecule has 2 aromatic rings. The molecule has 1 aromatic heterocycles. The molecule has 0 aliphatic rings. The van der Waals surface area contributed by atoms with Crippen LogP contribution in [0, 0.1) is 19.7 Å². The molecule has 0 bridgehead atoms. The number of hydrogen-bond acceptors (Lipinski definition) is 3. The molecule has 21 heavy (non-hydrogen) atoms. The monoisotopic (exact) mass is 287 g/mol. The number of pyridine rings is 1. The Labute approximate surface area is 125 Å². The Balaban J connectivity index is 2.45. The van der Waals surface area contributed by atoms with Crippen molar-refractivity contribution in [1.29, 1.82) is 0 Å². The number of nitrogens with zero attached hydrogens (tertiary/aromatic N) is 2. The van der Waals surface area contributed by atoms with Crippen LogP contribution < -0.4 is 10.2 Å². The van der Waals surface area contributed by atoms with Gasteiger partial charge in [-0.05, 0) is 50.2 Å². The van der Waals surface area contributed by atoms with Gasteiger partial charge >= 0.3 is 0 Å². The van der Waals surface area contributed by atoms with E-state index < -0.39 is 0 Å². The topological polar surface area (TPSA) is 28.2 Å². The summed E-state index contributed by atoms with van der Waals surface area (Å²) in [5.74, 6) is 0.635. The Morgan fingerprint density at radius 1 is 1.24 bits per heavy atom. The molecule has 0 unspecified atom stereocenters. The summed E-state index contributed by atoms with van der Waals surface area (Å²) in [6.07, 6.45) is 0. The zero-order valence-corrected chi connectivity index (χ0v) is 13.1. The molecule has 0 aliphatic carbocycles.